The van der Waals surface area contributed by atoms with Gasteiger partial charge in [0.05, 0.1) is 0 Å². The molecule has 0 heterocycles. The Morgan fingerprint density at radius 2 is 2.00 bits per heavy atom. The lowest BCUT2D eigenvalue weighted by molar-refractivity contribution is 0.358. The molecule has 2 aromatic rings. The van der Waals surface area contributed by atoms with Gasteiger partial charge in [0.2, 0.25) is 0 Å². The van der Waals surface area contributed by atoms with Crippen molar-refractivity contribution in [2.45, 2.75) is 31.7 Å². The highest BCUT2D eigenvalue weighted by molar-refractivity contribution is 5.32. The van der Waals surface area contributed by atoms with Gasteiger partial charge in [0.25, 0.3) is 0 Å². The second kappa shape index (κ2) is 6.40. The van der Waals surface area contributed by atoms with Gasteiger partial charge in [-0.05, 0) is 67.5 Å². The Hall–Kier alpha value is -1.67. The average molecular weight is 283 g/mol. The molecule has 2 aromatic carbocycles. The quantitative estimate of drug-likeness (QED) is 0.829. The van der Waals surface area contributed by atoms with Gasteiger partial charge >= 0.3 is 0 Å². The Morgan fingerprint density at radius 3 is 2.81 bits per heavy atom. The van der Waals surface area contributed by atoms with Crippen LogP contribution in [0.15, 0.2) is 48.5 Å². The van der Waals surface area contributed by atoms with Crippen LogP contribution in [0.5, 0.6) is 0 Å². The molecule has 0 spiro atoms. The molecule has 0 radical (unpaired) electrons. The Morgan fingerprint density at radius 1 is 1.14 bits per heavy atom. The molecule has 0 amide bonds. The highest BCUT2D eigenvalue weighted by atomic mass is 19.1. The third kappa shape index (κ3) is 3.16. The molecule has 0 aliphatic heterocycles. The van der Waals surface area contributed by atoms with E-state index in [1.807, 2.05) is 19.2 Å². The molecule has 2 unspecified atom stereocenters. The lowest BCUT2D eigenvalue weighted by Gasteiger charge is -2.26. The predicted octanol–water partition coefficient (Wildman–Crippen LogP) is 4.28. The Balaban J connectivity index is 1.88. The van der Waals surface area contributed by atoms with Crippen LogP contribution < -0.4 is 5.32 Å². The molecular weight excluding hydrogens is 261 g/mol. The summed E-state index contributed by atoms with van der Waals surface area (Å²) in [7, 11) is 2.03. The zero-order valence-corrected chi connectivity index (χ0v) is 12.5. The van der Waals surface area contributed by atoms with Crippen molar-refractivity contribution >= 4 is 0 Å². The van der Waals surface area contributed by atoms with Gasteiger partial charge in [0.1, 0.15) is 5.82 Å². The Bertz CT molecular complexity index is 608. The van der Waals surface area contributed by atoms with E-state index in [1.54, 1.807) is 6.07 Å². The van der Waals surface area contributed by atoms with Crippen molar-refractivity contribution in [1.82, 2.24) is 5.32 Å². The van der Waals surface area contributed by atoms with Crippen molar-refractivity contribution in [3.05, 3.63) is 71.0 Å². The Labute approximate surface area is 126 Å². The molecule has 1 N–H and O–H groups in total. The highest BCUT2D eigenvalue weighted by Gasteiger charge is 2.26. The van der Waals surface area contributed by atoms with Crippen LogP contribution in [0.1, 0.15) is 35.6 Å². The number of aryl methyl sites for hydroxylation is 1. The molecule has 0 saturated heterocycles. The van der Waals surface area contributed by atoms with E-state index in [0.717, 1.165) is 18.4 Å². The van der Waals surface area contributed by atoms with Crippen LogP contribution >= 0.6 is 0 Å². The summed E-state index contributed by atoms with van der Waals surface area (Å²) in [6.07, 6.45) is 4.46. The minimum atomic E-state index is -0.137. The molecule has 0 fully saturated rings. The van der Waals surface area contributed by atoms with Crippen LogP contribution in [-0.4, -0.2) is 7.05 Å². The zero-order valence-electron chi connectivity index (χ0n) is 12.5. The summed E-state index contributed by atoms with van der Waals surface area (Å²) in [6, 6.07) is 16.1. The summed E-state index contributed by atoms with van der Waals surface area (Å²) in [5.74, 6) is 0.378. The SMILES string of the molecule is CNC1c2ccccc2CCCC1Cc1cccc(F)c1. The second-order valence-electron chi connectivity index (χ2n) is 5.95. The lowest BCUT2D eigenvalue weighted by Crippen LogP contribution is -2.26. The van der Waals surface area contributed by atoms with E-state index in [4.69, 9.17) is 0 Å². The van der Waals surface area contributed by atoms with Crippen molar-refractivity contribution < 1.29 is 4.39 Å². The van der Waals surface area contributed by atoms with E-state index in [0.29, 0.717) is 12.0 Å². The first-order chi connectivity index (χ1) is 10.3. The maximum absolute atomic E-state index is 13.4. The monoisotopic (exact) mass is 283 g/mol. The first kappa shape index (κ1) is 14.3. The number of halogens is 1. The van der Waals surface area contributed by atoms with E-state index in [2.05, 4.69) is 29.6 Å². The number of fused-ring (bicyclic) bond motifs is 1. The minimum Gasteiger partial charge on any atom is -0.313 e. The lowest BCUT2D eigenvalue weighted by atomic mass is 9.86. The second-order valence-corrected chi connectivity index (χ2v) is 5.95. The molecule has 0 bridgehead atoms. The van der Waals surface area contributed by atoms with E-state index in [-0.39, 0.29) is 5.82 Å². The van der Waals surface area contributed by atoms with Crippen LogP contribution in [0.2, 0.25) is 0 Å². The van der Waals surface area contributed by atoms with Gasteiger partial charge in [-0.1, -0.05) is 36.4 Å². The molecule has 21 heavy (non-hydrogen) atoms. The van der Waals surface area contributed by atoms with Crippen LogP contribution in [0.3, 0.4) is 0 Å². The standard InChI is InChI=1S/C19H22FN/c1-21-19-16(12-14-6-4-10-17(20)13-14)9-5-8-15-7-2-3-11-18(15)19/h2-4,6-7,10-11,13,16,19,21H,5,8-9,12H2,1H3. The number of nitrogens with one attached hydrogen (secondary N) is 1. The molecule has 0 aromatic heterocycles. The summed E-state index contributed by atoms with van der Waals surface area (Å²) in [5.41, 5.74) is 3.97. The van der Waals surface area contributed by atoms with Crippen molar-refractivity contribution in [1.29, 1.82) is 0 Å². The van der Waals surface area contributed by atoms with Gasteiger partial charge in [-0.25, -0.2) is 4.39 Å². The summed E-state index contributed by atoms with van der Waals surface area (Å²) in [4.78, 5) is 0. The van der Waals surface area contributed by atoms with E-state index < -0.39 is 0 Å². The van der Waals surface area contributed by atoms with Gasteiger partial charge in [-0.2, -0.15) is 0 Å². The average Bonchev–Trinajstić information content (AvgIpc) is 2.66. The van der Waals surface area contributed by atoms with Crippen molar-refractivity contribution in [2.24, 2.45) is 5.92 Å². The summed E-state index contributed by atoms with van der Waals surface area (Å²) in [5, 5.41) is 3.49. The van der Waals surface area contributed by atoms with Gasteiger partial charge in [0.15, 0.2) is 0 Å². The molecule has 1 nitrogen and oxygen atoms in total. The molecule has 110 valence electrons. The molecule has 0 saturated carbocycles. The van der Waals surface area contributed by atoms with Gasteiger partial charge in [0, 0.05) is 6.04 Å². The first-order valence-electron chi connectivity index (χ1n) is 7.77. The highest BCUT2D eigenvalue weighted by Crippen LogP contribution is 2.35. The molecule has 1 aliphatic rings. The summed E-state index contributed by atoms with van der Waals surface area (Å²) < 4.78 is 13.4. The Kier molecular flexibility index (Phi) is 4.35. The van der Waals surface area contributed by atoms with Gasteiger partial charge in [-0.3, -0.25) is 0 Å². The van der Waals surface area contributed by atoms with Crippen LogP contribution in [0.4, 0.5) is 4.39 Å². The van der Waals surface area contributed by atoms with Crippen molar-refractivity contribution in [3.63, 3.8) is 0 Å². The fourth-order valence-corrected chi connectivity index (χ4v) is 3.62. The van der Waals surface area contributed by atoms with Gasteiger partial charge in [-0.15, -0.1) is 0 Å². The van der Waals surface area contributed by atoms with Gasteiger partial charge < -0.3 is 5.32 Å². The van der Waals surface area contributed by atoms with Crippen LogP contribution in [-0.2, 0) is 12.8 Å². The predicted molar refractivity (Wildman–Crippen MR) is 84.8 cm³/mol. The molecule has 2 heteroatoms. The summed E-state index contributed by atoms with van der Waals surface area (Å²) in [6.45, 7) is 0. The maximum Gasteiger partial charge on any atom is 0.123 e. The normalized spacial score (nSPS) is 21.6. The fraction of sp³-hybridized carbons (Fsp3) is 0.368. The topological polar surface area (TPSA) is 12.0 Å². The largest absolute Gasteiger partial charge is 0.313 e. The number of hydrogen-bond acceptors (Lipinski definition) is 1. The zero-order chi connectivity index (χ0) is 14.7. The van der Waals surface area contributed by atoms with Crippen molar-refractivity contribution in [3.8, 4) is 0 Å². The molecule has 2 atom stereocenters. The van der Waals surface area contributed by atoms with E-state index >= 15 is 0 Å². The smallest absolute Gasteiger partial charge is 0.123 e. The first-order valence-corrected chi connectivity index (χ1v) is 7.77. The molecule has 3 rings (SSSR count). The number of benzene rings is 2. The fourth-order valence-electron chi connectivity index (χ4n) is 3.62. The number of rotatable bonds is 3. The number of hydrogen-bond donors (Lipinski definition) is 1. The van der Waals surface area contributed by atoms with E-state index in [1.165, 1.54) is 30.0 Å². The van der Waals surface area contributed by atoms with Crippen LogP contribution in [0, 0.1) is 11.7 Å². The van der Waals surface area contributed by atoms with Crippen molar-refractivity contribution in [2.75, 3.05) is 7.05 Å². The molecular formula is C19H22FN. The third-order valence-corrected chi connectivity index (χ3v) is 4.58. The molecule has 1 aliphatic carbocycles. The van der Waals surface area contributed by atoms with Crippen LogP contribution in [0.25, 0.3) is 0 Å². The minimum absolute atomic E-state index is 0.137. The van der Waals surface area contributed by atoms with E-state index in [9.17, 15) is 4.39 Å². The third-order valence-electron chi connectivity index (χ3n) is 4.58. The maximum atomic E-state index is 13.4. The summed E-state index contributed by atoms with van der Waals surface area (Å²) >= 11 is 0.